The Bertz CT molecular complexity index is 513. The van der Waals surface area contributed by atoms with Crippen molar-refractivity contribution < 1.29 is 23.7 Å². The largest absolute Gasteiger partial charge is 0.489 e. The van der Waals surface area contributed by atoms with Gasteiger partial charge in [-0.3, -0.25) is 0 Å². The molecule has 1 aliphatic heterocycles. The number of anilines is 1. The van der Waals surface area contributed by atoms with Crippen molar-refractivity contribution >= 4 is 11.7 Å². The van der Waals surface area contributed by atoms with Crippen molar-refractivity contribution in [3.63, 3.8) is 0 Å². The number of carbonyl (C=O) groups is 1. The van der Waals surface area contributed by atoms with Crippen LogP contribution >= 0.6 is 0 Å². The Morgan fingerprint density at radius 1 is 1.35 bits per heavy atom. The summed E-state index contributed by atoms with van der Waals surface area (Å²) in [7, 11) is 1.29. The number of benzene rings is 1. The van der Waals surface area contributed by atoms with Crippen LogP contribution in [0.4, 0.5) is 5.69 Å². The molecule has 0 aromatic heterocycles. The minimum absolute atomic E-state index is 0.180. The van der Waals surface area contributed by atoms with Crippen molar-refractivity contribution in [3.8, 4) is 17.2 Å². The Hall–Kier alpha value is -2.11. The van der Waals surface area contributed by atoms with E-state index in [1.165, 1.54) is 7.11 Å². The molecule has 1 aromatic rings. The fourth-order valence-corrected chi connectivity index (χ4v) is 1.87. The fourth-order valence-electron chi connectivity index (χ4n) is 1.87. The highest BCUT2D eigenvalue weighted by atomic mass is 16.6. The van der Waals surface area contributed by atoms with E-state index < -0.39 is 5.97 Å². The van der Waals surface area contributed by atoms with E-state index in [0.29, 0.717) is 43.0 Å². The first-order valence-corrected chi connectivity index (χ1v) is 6.47. The fraction of sp³-hybridized carbons (Fsp3) is 0.500. The van der Waals surface area contributed by atoms with Gasteiger partial charge in [0.05, 0.1) is 19.4 Å². The third kappa shape index (κ3) is 2.74. The lowest BCUT2D eigenvalue weighted by Crippen LogP contribution is -2.20. The Morgan fingerprint density at radius 3 is 2.60 bits per heavy atom. The molecule has 0 saturated heterocycles. The van der Waals surface area contributed by atoms with E-state index >= 15 is 0 Å². The van der Waals surface area contributed by atoms with Crippen molar-refractivity contribution in [2.75, 3.05) is 32.7 Å². The number of hydrogen-bond donors (Lipinski definition) is 1. The van der Waals surface area contributed by atoms with Crippen LogP contribution in [0.5, 0.6) is 17.2 Å². The van der Waals surface area contributed by atoms with Crippen LogP contribution in [-0.4, -0.2) is 32.9 Å². The van der Waals surface area contributed by atoms with Gasteiger partial charge >= 0.3 is 5.97 Å². The first kappa shape index (κ1) is 14.3. The summed E-state index contributed by atoms with van der Waals surface area (Å²) in [6.45, 7) is 5.35. The van der Waals surface area contributed by atoms with Gasteiger partial charge in [-0.15, -0.1) is 0 Å². The molecule has 2 rings (SSSR count). The van der Waals surface area contributed by atoms with Crippen LogP contribution in [0.2, 0.25) is 0 Å². The van der Waals surface area contributed by atoms with Gasteiger partial charge in [0.2, 0.25) is 5.75 Å². The van der Waals surface area contributed by atoms with Gasteiger partial charge in [0.25, 0.3) is 0 Å². The molecule has 110 valence electrons. The molecule has 0 radical (unpaired) electrons. The first-order valence-electron chi connectivity index (χ1n) is 6.47. The monoisotopic (exact) mass is 281 g/mol. The number of fused-ring (bicyclic) bond motifs is 1. The first-order chi connectivity index (χ1) is 9.54. The summed E-state index contributed by atoms with van der Waals surface area (Å²) in [5, 5.41) is 0. The molecule has 6 heteroatoms. The molecule has 0 spiro atoms. The smallest absolute Gasteiger partial charge is 0.343 e. The molecular weight excluding hydrogens is 262 g/mol. The molecule has 20 heavy (non-hydrogen) atoms. The number of carbonyl (C=O) groups excluding carboxylic acids is 1. The highest BCUT2D eigenvalue weighted by Gasteiger charge is 2.28. The SMILES string of the molecule is COC(=O)c1c(N)cc(OCC(C)C)c2c1OCCO2. The molecule has 1 aliphatic rings. The number of methoxy groups -OCH3 is 1. The van der Waals surface area contributed by atoms with Gasteiger partial charge in [-0.25, -0.2) is 4.79 Å². The van der Waals surface area contributed by atoms with Crippen molar-refractivity contribution in [2.24, 2.45) is 5.92 Å². The number of rotatable bonds is 4. The highest BCUT2D eigenvalue weighted by Crippen LogP contribution is 2.45. The lowest BCUT2D eigenvalue weighted by molar-refractivity contribution is 0.0591. The average molecular weight is 281 g/mol. The van der Waals surface area contributed by atoms with Crippen molar-refractivity contribution in [1.29, 1.82) is 0 Å². The van der Waals surface area contributed by atoms with E-state index in [4.69, 9.17) is 24.7 Å². The van der Waals surface area contributed by atoms with Crippen molar-refractivity contribution in [2.45, 2.75) is 13.8 Å². The molecule has 0 unspecified atom stereocenters. The quantitative estimate of drug-likeness (QED) is 0.670. The zero-order chi connectivity index (χ0) is 14.7. The maximum atomic E-state index is 11.8. The Kier molecular flexibility index (Phi) is 4.22. The van der Waals surface area contributed by atoms with Crippen LogP contribution in [0.3, 0.4) is 0 Å². The van der Waals surface area contributed by atoms with Crippen LogP contribution < -0.4 is 19.9 Å². The van der Waals surface area contributed by atoms with Gasteiger partial charge in [-0.2, -0.15) is 0 Å². The summed E-state index contributed by atoms with van der Waals surface area (Å²) in [4.78, 5) is 11.8. The minimum Gasteiger partial charge on any atom is -0.489 e. The summed E-state index contributed by atoms with van der Waals surface area (Å²) in [5.41, 5.74) is 6.34. The Morgan fingerprint density at radius 2 is 2.00 bits per heavy atom. The normalized spacial score (nSPS) is 13.2. The standard InChI is InChI=1S/C14H19NO5/c1-8(2)7-20-10-6-9(15)11(14(16)17-3)13-12(10)18-4-5-19-13/h6,8H,4-5,7,15H2,1-3H3. The van der Waals surface area contributed by atoms with Gasteiger partial charge in [0, 0.05) is 6.07 Å². The van der Waals surface area contributed by atoms with Crippen LogP contribution in [0, 0.1) is 5.92 Å². The Balaban J connectivity index is 2.45. The number of nitrogen functional groups attached to an aromatic ring is 1. The molecule has 0 bridgehead atoms. The third-order valence-electron chi connectivity index (χ3n) is 2.77. The number of ether oxygens (including phenoxy) is 4. The van der Waals surface area contributed by atoms with E-state index in [2.05, 4.69) is 0 Å². The summed E-state index contributed by atoms with van der Waals surface area (Å²) in [6, 6.07) is 1.57. The zero-order valence-electron chi connectivity index (χ0n) is 11.9. The summed E-state index contributed by atoms with van der Waals surface area (Å²) in [6.07, 6.45) is 0. The van der Waals surface area contributed by atoms with Crippen LogP contribution in [0.15, 0.2) is 6.07 Å². The van der Waals surface area contributed by atoms with E-state index in [1.807, 2.05) is 13.8 Å². The van der Waals surface area contributed by atoms with Gasteiger partial charge in [-0.1, -0.05) is 13.8 Å². The molecule has 1 heterocycles. The van der Waals surface area contributed by atoms with Gasteiger partial charge in [0.1, 0.15) is 18.8 Å². The molecule has 0 atom stereocenters. The molecule has 1 aromatic carbocycles. The van der Waals surface area contributed by atoms with Gasteiger partial charge in [-0.05, 0) is 5.92 Å². The molecule has 0 fully saturated rings. The summed E-state index contributed by atoms with van der Waals surface area (Å²) in [5.74, 6) is 0.989. The predicted molar refractivity (Wildman–Crippen MR) is 73.5 cm³/mol. The maximum Gasteiger partial charge on any atom is 0.343 e. The average Bonchev–Trinajstić information content (AvgIpc) is 2.44. The second kappa shape index (κ2) is 5.90. The number of esters is 1. The zero-order valence-corrected chi connectivity index (χ0v) is 11.9. The van der Waals surface area contributed by atoms with Gasteiger partial charge in [0.15, 0.2) is 11.5 Å². The second-order valence-electron chi connectivity index (χ2n) is 4.89. The molecule has 0 amide bonds. The summed E-state index contributed by atoms with van der Waals surface area (Å²) < 4.78 is 21.5. The Labute approximate surface area is 117 Å². The number of hydrogen-bond acceptors (Lipinski definition) is 6. The molecule has 0 saturated carbocycles. The van der Waals surface area contributed by atoms with E-state index in [-0.39, 0.29) is 11.3 Å². The van der Waals surface area contributed by atoms with E-state index in [1.54, 1.807) is 6.07 Å². The topological polar surface area (TPSA) is 80.0 Å². The van der Waals surface area contributed by atoms with Gasteiger partial charge < -0.3 is 24.7 Å². The highest BCUT2D eigenvalue weighted by molar-refractivity contribution is 6.00. The molecule has 2 N–H and O–H groups in total. The maximum absolute atomic E-state index is 11.8. The molecular formula is C14H19NO5. The van der Waals surface area contributed by atoms with E-state index in [0.717, 1.165) is 0 Å². The minimum atomic E-state index is -0.556. The van der Waals surface area contributed by atoms with Crippen LogP contribution in [0.1, 0.15) is 24.2 Å². The number of nitrogens with two attached hydrogens (primary N) is 1. The lowest BCUT2D eigenvalue weighted by atomic mass is 10.1. The van der Waals surface area contributed by atoms with Crippen molar-refractivity contribution in [1.82, 2.24) is 0 Å². The third-order valence-corrected chi connectivity index (χ3v) is 2.77. The van der Waals surface area contributed by atoms with E-state index in [9.17, 15) is 4.79 Å². The predicted octanol–water partition coefficient (Wildman–Crippen LogP) is 1.86. The summed E-state index contributed by atoms with van der Waals surface area (Å²) >= 11 is 0. The van der Waals surface area contributed by atoms with Crippen LogP contribution in [-0.2, 0) is 4.74 Å². The van der Waals surface area contributed by atoms with Crippen LogP contribution in [0.25, 0.3) is 0 Å². The molecule has 6 nitrogen and oxygen atoms in total. The lowest BCUT2D eigenvalue weighted by Gasteiger charge is -2.24. The van der Waals surface area contributed by atoms with Crippen molar-refractivity contribution in [3.05, 3.63) is 11.6 Å². The second-order valence-corrected chi connectivity index (χ2v) is 4.89. The molecule has 0 aliphatic carbocycles.